The van der Waals surface area contributed by atoms with Gasteiger partial charge in [0, 0.05) is 32.2 Å². The Hall–Kier alpha value is -1.40. The molecule has 2 N–H and O–H groups in total. The number of carboxylic acid groups (broad SMARTS) is 1. The topological polar surface area (TPSA) is 70.4 Å². The Morgan fingerprint density at radius 2 is 2.30 bits per heavy atom. The van der Waals surface area contributed by atoms with Gasteiger partial charge in [-0.2, -0.15) is 5.10 Å². The zero-order chi connectivity index (χ0) is 14.5. The van der Waals surface area contributed by atoms with Crippen molar-refractivity contribution < 1.29 is 9.90 Å². The van der Waals surface area contributed by atoms with Gasteiger partial charge in [0.2, 0.25) is 0 Å². The van der Waals surface area contributed by atoms with Crippen LogP contribution in [-0.4, -0.2) is 50.9 Å². The van der Waals surface area contributed by atoms with Gasteiger partial charge in [-0.1, -0.05) is 0 Å². The lowest BCUT2D eigenvalue weighted by Gasteiger charge is -2.35. The second-order valence-electron chi connectivity index (χ2n) is 6.49. The van der Waals surface area contributed by atoms with E-state index in [4.69, 9.17) is 0 Å². The second kappa shape index (κ2) is 4.56. The van der Waals surface area contributed by atoms with Crippen LogP contribution in [0.1, 0.15) is 29.9 Å². The number of aromatic carboxylic acids is 1. The molecule has 0 aromatic carbocycles. The Balaban J connectivity index is 1.85. The van der Waals surface area contributed by atoms with Crippen LogP contribution < -0.4 is 5.32 Å². The van der Waals surface area contributed by atoms with E-state index in [1.807, 2.05) is 7.05 Å². The Morgan fingerprint density at radius 3 is 2.95 bits per heavy atom. The minimum atomic E-state index is -0.896. The fraction of sp³-hybridized carbons (Fsp3) is 0.714. The Morgan fingerprint density at radius 1 is 1.55 bits per heavy atom. The molecule has 2 atom stereocenters. The second-order valence-corrected chi connectivity index (χ2v) is 6.49. The SMILES string of the molecule is Cn1ncc(C(=O)O)c1CN1CC2CNCC2C1(C)C. The van der Waals surface area contributed by atoms with Gasteiger partial charge in [0.05, 0.1) is 11.9 Å². The fourth-order valence-corrected chi connectivity index (χ4v) is 3.78. The van der Waals surface area contributed by atoms with Crippen LogP contribution in [0.3, 0.4) is 0 Å². The molecule has 2 aliphatic rings. The molecule has 0 bridgehead atoms. The number of hydrogen-bond donors (Lipinski definition) is 2. The van der Waals surface area contributed by atoms with Crippen LogP contribution in [0.2, 0.25) is 0 Å². The molecular weight excluding hydrogens is 256 g/mol. The Bertz CT molecular complexity index is 537. The lowest BCUT2D eigenvalue weighted by Crippen LogP contribution is -2.44. The minimum absolute atomic E-state index is 0.0915. The molecule has 6 nitrogen and oxygen atoms in total. The van der Waals surface area contributed by atoms with Crippen LogP contribution in [0, 0.1) is 11.8 Å². The number of nitrogens with zero attached hydrogens (tertiary/aromatic N) is 3. The summed E-state index contributed by atoms with van der Waals surface area (Å²) >= 11 is 0. The summed E-state index contributed by atoms with van der Waals surface area (Å²) in [6, 6.07) is 0. The van der Waals surface area contributed by atoms with Gasteiger partial charge in [-0.25, -0.2) is 4.79 Å². The molecule has 2 fully saturated rings. The van der Waals surface area contributed by atoms with E-state index >= 15 is 0 Å². The summed E-state index contributed by atoms with van der Waals surface area (Å²) in [5.41, 5.74) is 1.20. The van der Waals surface area contributed by atoms with Crippen molar-refractivity contribution in [2.45, 2.75) is 25.9 Å². The largest absolute Gasteiger partial charge is 0.478 e. The minimum Gasteiger partial charge on any atom is -0.478 e. The maximum Gasteiger partial charge on any atom is 0.339 e. The molecule has 110 valence electrons. The number of aryl methyl sites for hydroxylation is 1. The van der Waals surface area contributed by atoms with Gasteiger partial charge in [0.15, 0.2) is 0 Å². The van der Waals surface area contributed by atoms with Gasteiger partial charge in [0.1, 0.15) is 5.56 Å². The molecule has 2 saturated heterocycles. The molecule has 6 heteroatoms. The summed E-state index contributed by atoms with van der Waals surface area (Å²) < 4.78 is 1.69. The fourth-order valence-electron chi connectivity index (χ4n) is 3.78. The number of hydrogen-bond acceptors (Lipinski definition) is 4. The number of aromatic nitrogens is 2. The smallest absolute Gasteiger partial charge is 0.339 e. The number of fused-ring (bicyclic) bond motifs is 1. The van der Waals surface area contributed by atoms with Gasteiger partial charge < -0.3 is 10.4 Å². The summed E-state index contributed by atoms with van der Waals surface area (Å²) in [5, 5.41) is 16.8. The summed E-state index contributed by atoms with van der Waals surface area (Å²) in [7, 11) is 1.81. The van der Waals surface area contributed by atoms with Crippen molar-refractivity contribution in [1.82, 2.24) is 20.0 Å². The third kappa shape index (κ3) is 1.94. The average molecular weight is 278 g/mol. The predicted molar refractivity (Wildman–Crippen MR) is 74.5 cm³/mol. The summed E-state index contributed by atoms with van der Waals surface area (Å²) in [6.07, 6.45) is 1.45. The maximum atomic E-state index is 11.3. The Labute approximate surface area is 118 Å². The molecule has 2 aliphatic heterocycles. The first-order valence-electron chi connectivity index (χ1n) is 7.11. The molecule has 3 rings (SSSR count). The molecule has 0 amide bonds. The summed E-state index contributed by atoms with van der Waals surface area (Å²) in [6.45, 7) is 8.34. The van der Waals surface area contributed by atoms with E-state index in [0.29, 0.717) is 23.9 Å². The van der Waals surface area contributed by atoms with Crippen molar-refractivity contribution in [2.75, 3.05) is 19.6 Å². The summed E-state index contributed by atoms with van der Waals surface area (Å²) in [5.74, 6) is 0.419. The van der Waals surface area contributed by atoms with E-state index in [-0.39, 0.29) is 5.54 Å². The monoisotopic (exact) mass is 278 g/mol. The standard InChI is InChI=1S/C14H22N4O2/c1-14(2)11-6-15-4-9(11)7-18(14)8-12-10(13(19)20)5-16-17(12)3/h5,9,11,15H,4,6-8H2,1-3H3,(H,19,20). The van der Waals surface area contributed by atoms with Crippen molar-refractivity contribution in [1.29, 1.82) is 0 Å². The van der Waals surface area contributed by atoms with Crippen LogP contribution in [-0.2, 0) is 13.6 Å². The lowest BCUT2D eigenvalue weighted by molar-refractivity contribution is 0.0691. The van der Waals surface area contributed by atoms with E-state index in [9.17, 15) is 9.90 Å². The van der Waals surface area contributed by atoms with Crippen molar-refractivity contribution in [3.8, 4) is 0 Å². The predicted octanol–water partition coefficient (Wildman–Crippen LogP) is 0.548. The first-order chi connectivity index (χ1) is 9.41. The highest BCUT2D eigenvalue weighted by molar-refractivity contribution is 5.88. The van der Waals surface area contributed by atoms with Gasteiger partial charge in [0.25, 0.3) is 0 Å². The zero-order valence-corrected chi connectivity index (χ0v) is 12.3. The third-order valence-electron chi connectivity index (χ3n) is 5.15. The highest BCUT2D eigenvalue weighted by Crippen LogP contribution is 2.41. The molecule has 0 aliphatic carbocycles. The van der Waals surface area contributed by atoms with E-state index in [2.05, 4.69) is 29.2 Å². The van der Waals surface area contributed by atoms with E-state index in [1.165, 1.54) is 6.20 Å². The molecule has 1 aromatic heterocycles. The van der Waals surface area contributed by atoms with Crippen LogP contribution in [0.4, 0.5) is 0 Å². The molecule has 2 unspecified atom stereocenters. The summed E-state index contributed by atoms with van der Waals surface area (Å²) in [4.78, 5) is 13.7. The van der Waals surface area contributed by atoms with Crippen molar-refractivity contribution >= 4 is 5.97 Å². The maximum absolute atomic E-state index is 11.3. The highest BCUT2D eigenvalue weighted by Gasteiger charge is 2.49. The van der Waals surface area contributed by atoms with Crippen molar-refractivity contribution in [3.05, 3.63) is 17.5 Å². The van der Waals surface area contributed by atoms with Gasteiger partial charge in [-0.15, -0.1) is 0 Å². The first kappa shape index (κ1) is 13.6. The number of carbonyl (C=O) groups is 1. The van der Waals surface area contributed by atoms with E-state index in [1.54, 1.807) is 4.68 Å². The van der Waals surface area contributed by atoms with Gasteiger partial charge in [-0.3, -0.25) is 9.58 Å². The quantitative estimate of drug-likeness (QED) is 0.845. The molecule has 20 heavy (non-hydrogen) atoms. The first-order valence-corrected chi connectivity index (χ1v) is 7.11. The number of rotatable bonds is 3. The number of carboxylic acids is 1. The Kier molecular flexibility index (Phi) is 3.10. The molecule has 0 radical (unpaired) electrons. The zero-order valence-electron chi connectivity index (χ0n) is 12.3. The van der Waals surface area contributed by atoms with Gasteiger partial charge in [-0.05, 0) is 32.2 Å². The molecule has 1 aromatic rings. The average Bonchev–Trinajstić information content (AvgIpc) is 3.00. The van der Waals surface area contributed by atoms with E-state index < -0.39 is 5.97 Å². The highest BCUT2D eigenvalue weighted by atomic mass is 16.4. The van der Waals surface area contributed by atoms with Crippen LogP contribution in [0.25, 0.3) is 0 Å². The molecular formula is C14H22N4O2. The molecule has 0 spiro atoms. The normalized spacial score (nSPS) is 28.8. The van der Waals surface area contributed by atoms with Crippen LogP contribution >= 0.6 is 0 Å². The molecule has 3 heterocycles. The molecule has 0 saturated carbocycles. The third-order valence-corrected chi connectivity index (χ3v) is 5.15. The van der Waals surface area contributed by atoms with E-state index in [0.717, 1.165) is 25.3 Å². The number of nitrogens with one attached hydrogen (secondary N) is 1. The number of likely N-dealkylation sites (tertiary alicyclic amines) is 1. The lowest BCUT2D eigenvalue weighted by atomic mass is 9.85. The van der Waals surface area contributed by atoms with Gasteiger partial charge >= 0.3 is 5.97 Å². The van der Waals surface area contributed by atoms with Crippen LogP contribution in [0.5, 0.6) is 0 Å². The van der Waals surface area contributed by atoms with Crippen LogP contribution in [0.15, 0.2) is 6.20 Å². The van der Waals surface area contributed by atoms with Crippen molar-refractivity contribution in [2.24, 2.45) is 18.9 Å². The van der Waals surface area contributed by atoms with Crippen molar-refractivity contribution in [3.63, 3.8) is 0 Å².